The number of unbranched alkanes of at least 4 members (excludes halogenated alkanes) is 2. The van der Waals surface area contributed by atoms with Gasteiger partial charge in [-0.05, 0) is 12.5 Å². The highest BCUT2D eigenvalue weighted by molar-refractivity contribution is 6.77. The number of benzene rings is 1. The van der Waals surface area contributed by atoms with Gasteiger partial charge in [0.25, 0.3) is 0 Å². The highest BCUT2D eigenvalue weighted by atomic mass is 28.4. The van der Waals surface area contributed by atoms with E-state index in [4.69, 9.17) is 8.85 Å². The van der Waals surface area contributed by atoms with E-state index < -0.39 is 14.1 Å². The predicted octanol–water partition coefficient (Wildman–Crippen LogP) is 4.53. The lowest BCUT2D eigenvalue weighted by Gasteiger charge is -2.33. The van der Waals surface area contributed by atoms with Crippen LogP contribution in [0.15, 0.2) is 30.3 Å². The van der Waals surface area contributed by atoms with E-state index in [2.05, 4.69) is 6.92 Å². The maximum absolute atomic E-state index is 13.1. The van der Waals surface area contributed by atoms with Gasteiger partial charge in [0.2, 0.25) is 0 Å². The summed E-state index contributed by atoms with van der Waals surface area (Å²) < 4.78 is 11.5. The molecule has 0 saturated carbocycles. The van der Waals surface area contributed by atoms with E-state index in [1.54, 1.807) is 26.4 Å². The Morgan fingerprint density at radius 2 is 1.58 bits per heavy atom. The fraction of sp³-hybridized carbons (Fsp3) is 0.579. The first-order valence-electron chi connectivity index (χ1n) is 8.78. The van der Waals surface area contributed by atoms with Gasteiger partial charge in [-0.1, -0.05) is 63.4 Å². The number of hydrogen-bond donors (Lipinski definition) is 0. The van der Waals surface area contributed by atoms with Gasteiger partial charge in [-0.3, -0.25) is 9.59 Å². The molecule has 1 aromatic rings. The van der Waals surface area contributed by atoms with Crippen molar-refractivity contribution < 1.29 is 18.4 Å². The Balaban J connectivity index is 3.24. The van der Waals surface area contributed by atoms with E-state index in [0.717, 1.165) is 25.7 Å². The van der Waals surface area contributed by atoms with E-state index in [1.807, 2.05) is 25.1 Å². The summed E-state index contributed by atoms with van der Waals surface area (Å²) in [6.07, 6.45) is 3.95. The molecular weight excluding hydrogens is 320 g/mol. The Morgan fingerprint density at radius 3 is 2.08 bits per heavy atom. The second-order valence-electron chi connectivity index (χ2n) is 6.06. The third-order valence-electron chi connectivity index (χ3n) is 4.43. The highest BCUT2D eigenvalue weighted by Gasteiger charge is 2.51. The molecule has 0 N–H and O–H groups in total. The molecule has 0 saturated heterocycles. The van der Waals surface area contributed by atoms with Crippen LogP contribution in [0.4, 0.5) is 0 Å². The van der Waals surface area contributed by atoms with Crippen molar-refractivity contribution in [3.63, 3.8) is 0 Å². The largest absolute Gasteiger partial charge is 0.397 e. The van der Waals surface area contributed by atoms with Gasteiger partial charge in [0.1, 0.15) is 11.3 Å². The van der Waals surface area contributed by atoms with Crippen LogP contribution >= 0.6 is 0 Å². The standard InChI is InChI=1S/C19H30O4Si/c1-5-7-14-17(20)19(18(21)16-12-10-9-11-13-16)24(22-3,23-4)15-8-6-2/h9-13,19H,5-8,14-15H2,1-4H3. The Kier molecular flexibility index (Phi) is 9.11. The predicted molar refractivity (Wildman–Crippen MR) is 98.5 cm³/mol. The summed E-state index contributed by atoms with van der Waals surface area (Å²) in [6.45, 7) is 4.12. The monoisotopic (exact) mass is 350 g/mol. The van der Waals surface area contributed by atoms with Gasteiger partial charge in [-0.25, -0.2) is 0 Å². The van der Waals surface area contributed by atoms with Crippen molar-refractivity contribution in [3.8, 4) is 0 Å². The molecule has 0 radical (unpaired) electrons. The van der Waals surface area contributed by atoms with E-state index in [0.29, 0.717) is 18.0 Å². The third-order valence-corrected chi connectivity index (χ3v) is 8.33. The molecule has 0 aromatic heterocycles. The number of carbonyl (C=O) groups is 2. The molecule has 0 aliphatic heterocycles. The summed E-state index contributed by atoms with van der Waals surface area (Å²) >= 11 is 0. The third kappa shape index (κ3) is 5.10. The van der Waals surface area contributed by atoms with Gasteiger partial charge in [0, 0.05) is 26.2 Å². The quantitative estimate of drug-likeness (QED) is 0.316. The molecule has 0 amide bonds. The maximum Gasteiger partial charge on any atom is 0.356 e. The summed E-state index contributed by atoms with van der Waals surface area (Å²) in [6, 6.07) is 9.65. The van der Waals surface area contributed by atoms with Crippen molar-refractivity contribution in [2.24, 2.45) is 0 Å². The van der Waals surface area contributed by atoms with Crippen molar-refractivity contribution in [1.29, 1.82) is 0 Å². The molecule has 0 spiro atoms. The molecule has 0 bridgehead atoms. The van der Waals surface area contributed by atoms with Crippen LogP contribution in [-0.2, 0) is 13.6 Å². The maximum atomic E-state index is 13.1. The van der Waals surface area contributed by atoms with Crippen LogP contribution in [0.5, 0.6) is 0 Å². The molecule has 1 atom stereocenters. The minimum absolute atomic E-state index is 0.0443. The zero-order chi connectivity index (χ0) is 18.0. The molecule has 24 heavy (non-hydrogen) atoms. The first kappa shape index (κ1) is 20.7. The average Bonchev–Trinajstić information content (AvgIpc) is 2.63. The zero-order valence-corrected chi connectivity index (χ0v) is 16.3. The summed E-state index contributed by atoms with van der Waals surface area (Å²) in [5.41, 5.74) is -0.247. The van der Waals surface area contributed by atoms with Crippen LogP contribution < -0.4 is 0 Å². The first-order valence-corrected chi connectivity index (χ1v) is 10.9. The molecule has 0 aliphatic carbocycles. The fourth-order valence-corrected chi connectivity index (χ4v) is 6.33. The van der Waals surface area contributed by atoms with Crippen LogP contribution in [0, 0.1) is 0 Å². The number of rotatable bonds is 12. The molecule has 0 fully saturated rings. The van der Waals surface area contributed by atoms with Crippen LogP contribution in [-0.4, -0.2) is 34.3 Å². The molecule has 134 valence electrons. The topological polar surface area (TPSA) is 52.6 Å². The Bertz CT molecular complexity index is 511. The van der Waals surface area contributed by atoms with E-state index in [1.165, 1.54) is 0 Å². The Morgan fingerprint density at radius 1 is 1.00 bits per heavy atom. The lowest BCUT2D eigenvalue weighted by molar-refractivity contribution is -0.118. The summed E-state index contributed by atoms with van der Waals surface area (Å²) in [7, 11) is 0.194. The van der Waals surface area contributed by atoms with Crippen LogP contribution in [0.25, 0.3) is 0 Å². The van der Waals surface area contributed by atoms with E-state index in [9.17, 15) is 9.59 Å². The van der Waals surface area contributed by atoms with Crippen molar-refractivity contribution in [2.45, 2.75) is 57.5 Å². The van der Waals surface area contributed by atoms with Gasteiger partial charge in [-0.15, -0.1) is 0 Å². The average molecular weight is 351 g/mol. The lowest BCUT2D eigenvalue weighted by Crippen LogP contribution is -2.51. The molecule has 1 unspecified atom stereocenters. The SMILES string of the molecule is CCCCC(=O)C(C(=O)c1ccccc1)[Si](CCCC)(OC)OC. The minimum Gasteiger partial charge on any atom is -0.397 e. The van der Waals surface area contributed by atoms with E-state index in [-0.39, 0.29) is 11.6 Å². The van der Waals surface area contributed by atoms with E-state index >= 15 is 0 Å². The van der Waals surface area contributed by atoms with Crippen molar-refractivity contribution in [1.82, 2.24) is 0 Å². The highest BCUT2D eigenvalue weighted by Crippen LogP contribution is 2.34. The zero-order valence-electron chi connectivity index (χ0n) is 15.3. The smallest absolute Gasteiger partial charge is 0.356 e. The molecular formula is C19H30O4Si. The molecule has 1 rings (SSSR count). The minimum atomic E-state index is -2.95. The normalized spacial score (nSPS) is 12.8. The second kappa shape index (κ2) is 10.5. The summed E-state index contributed by atoms with van der Waals surface area (Å²) in [4.78, 5) is 26.0. The molecule has 4 nitrogen and oxygen atoms in total. The lowest BCUT2D eigenvalue weighted by atomic mass is 10.0. The molecule has 0 aliphatic rings. The van der Waals surface area contributed by atoms with Crippen LogP contribution in [0.2, 0.25) is 11.6 Å². The van der Waals surface area contributed by atoms with Gasteiger partial charge in [-0.2, -0.15) is 0 Å². The number of hydrogen-bond acceptors (Lipinski definition) is 4. The molecule has 1 aromatic carbocycles. The molecule has 0 heterocycles. The number of carbonyl (C=O) groups excluding carboxylic acids is 2. The van der Waals surface area contributed by atoms with Gasteiger partial charge >= 0.3 is 8.56 Å². The first-order chi connectivity index (χ1) is 11.6. The summed E-state index contributed by atoms with van der Waals surface area (Å²) in [5.74, 6) is -0.208. The van der Waals surface area contributed by atoms with Gasteiger partial charge in [0.15, 0.2) is 5.78 Å². The van der Waals surface area contributed by atoms with Gasteiger partial charge in [0.05, 0.1) is 0 Å². The fourth-order valence-electron chi connectivity index (χ4n) is 2.95. The molecule has 5 heteroatoms. The van der Waals surface area contributed by atoms with Crippen molar-refractivity contribution in [2.75, 3.05) is 14.2 Å². The second-order valence-corrected chi connectivity index (χ2v) is 9.57. The van der Waals surface area contributed by atoms with Crippen LogP contribution in [0.3, 0.4) is 0 Å². The Labute approximate surface area is 146 Å². The number of Topliss-reactive ketones (excluding diaryl/α,β-unsaturated/α-hetero) is 2. The van der Waals surface area contributed by atoms with Crippen molar-refractivity contribution >= 4 is 20.1 Å². The van der Waals surface area contributed by atoms with Crippen LogP contribution in [0.1, 0.15) is 56.3 Å². The Hall–Kier alpha value is -1.30. The number of ketones is 2. The summed E-state index contributed by atoms with van der Waals surface area (Å²) in [5, 5.41) is 0. The van der Waals surface area contributed by atoms with Gasteiger partial charge < -0.3 is 8.85 Å². The van der Waals surface area contributed by atoms with Crippen molar-refractivity contribution in [3.05, 3.63) is 35.9 Å².